The summed E-state index contributed by atoms with van der Waals surface area (Å²) in [4.78, 5) is 24.8. The predicted octanol–water partition coefficient (Wildman–Crippen LogP) is 0.449. The van der Waals surface area contributed by atoms with Gasteiger partial charge in [0.15, 0.2) is 0 Å². The first-order valence-corrected chi connectivity index (χ1v) is 8.33. The van der Waals surface area contributed by atoms with E-state index in [1.165, 1.54) is 0 Å². The lowest BCUT2D eigenvalue weighted by molar-refractivity contribution is -0.135. The number of carbonyl (C=O) groups is 2. The normalized spacial score (nSPS) is 25.7. The molecule has 7 nitrogen and oxygen atoms in total. The third-order valence-electron chi connectivity index (χ3n) is 5.25. The summed E-state index contributed by atoms with van der Waals surface area (Å²) < 4.78 is 1.74. The molecule has 2 aliphatic rings. The minimum absolute atomic E-state index is 0. The van der Waals surface area contributed by atoms with Gasteiger partial charge in [0.05, 0.1) is 12.1 Å². The molecule has 0 spiro atoms. The Morgan fingerprint density at radius 3 is 2.62 bits per heavy atom. The van der Waals surface area contributed by atoms with Crippen molar-refractivity contribution >= 4 is 24.2 Å². The van der Waals surface area contributed by atoms with Gasteiger partial charge in [0.1, 0.15) is 5.54 Å². The van der Waals surface area contributed by atoms with E-state index in [4.69, 9.17) is 5.73 Å². The molecule has 2 heterocycles. The number of carbonyl (C=O) groups excluding carboxylic acids is 2. The van der Waals surface area contributed by atoms with Crippen LogP contribution < -0.4 is 16.4 Å². The Labute approximate surface area is 148 Å². The number of aryl methyl sites for hydroxylation is 1. The molecule has 1 aromatic rings. The van der Waals surface area contributed by atoms with Gasteiger partial charge in [-0.25, -0.2) is 0 Å². The molecule has 24 heavy (non-hydrogen) atoms. The Morgan fingerprint density at radius 2 is 2.04 bits per heavy atom. The maximum atomic E-state index is 12.8. The molecular weight excluding hydrogens is 330 g/mol. The molecule has 134 valence electrons. The Kier molecular flexibility index (Phi) is 5.87. The fourth-order valence-electron chi connectivity index (χ4n) is 3.85. The number of amides is 2. The van der Waals surface area contributed by atoms with Gasteiger partial charge in [-0.15, -0.1) is 12.4 Å². The number of aromatic nitrogens is 2. The maximum Gasteiger partial charge on any atom is 0.243 e. The molecule has 2 amide bonds. The molecule has 1 saturated heterocycles. The Balaban J connectivity index is 0.00000208. The van der Waals surface area contributed by atoms with Crippen molar-refractivity contribution in [3.05, 3.63) is 18.0 Å². The van der Waals surface area contributed by atoms with Crippen molar-refractivity contribution in [3.63, 3.8) is 0 Å². The van der Waals surface area contributed by atoms with Crippen LogP contribution in [0.15, 0.2) is 12.4 Å². The molecule has 1 aliphatic carbocycles. The van der Waals surface area contributed by atoms with Gasteiger partial charge in [-0.3, -0.25) is 14.3 Å². The number of nitrogens with one attached hydrogen (secondary N) is 2. The van der Waals surface area contributed by atoms with Crippen molar-refractivity contribution in [2.45, 2.75) is 43.6 Å². The summed E-state index contributed by atoms with van der Waals surface area (Å²) in [7, 11) is 1.87. The summed E-state index contributed by atoms with van der Waals surface area (Å²) in [5.41, 5.74) is 5.80. The Bertz CT molecular complexity index is 597. The lowest BCUT2D eigenvalue weighted by Crippen LogP contribution is -2.59. The molecular formula is C16H26ClN5O2. The maximum absolute atomic E-state index is 12.8. The molecule has 3 rings (SSSR count). The highest BCUT2D eigenvalue weighted by atomic mass is 35.5. The van der Waals surface area contributed by atoms with Crippen LogP contribution in [-0.2, 0) is 16.6 Å². The van der Waals surface area contributed by atoms with E-state index in [-0.39, 0.29) is 30.2 Å². The highest BCUT2D eigenvalue weighted by Gasteiger charge is 2.43. The van der Waals surface area contributed by atoms with Crippen LogP contribution in [0, 0.1) is 5.92 Å². The number of nitrogens with two attached hydrogens (primary N) is 1. The van der Waals surface area contributed by atoms with Crippen molar-refractivity contribution in [2.75, 3.05) is 13.1 Å². The average Bonchev–Trinajstić information content (AvgIpc) is 3.16. The molecule has 1 aliphatic heterocycles. The van der Waals surface area contributed by atoms with Crippen LogP contribution in [0.3, 0.4) is 0 Å². The molecule has 2 atom stereocenters. The van der Waals surface area contributed by atoms with Crippen LogP contribution >= 0.6 is 12.4 Å². The zero-order chi connectivity index (χ0) is 16.4. The van der Waals surface area contributed by atoms with Gasteiger partial charge in [0.25, 0.3) is 0 Å². The topological polar surface area (TPSA) is 102 Å². The van der Waals surface area contributed by atoms with Crippen molar-refractivity contribution in [3.8, 4) is 0 Å². The summed E-state index contributed by atoms with van der Waals surface area (Å²) in [6.07, 6.45) is 7.99. The minimum Gasteiger partial charge on any atom is -0.368 e. The van der Waals surface area contributed by atoms with Crippen molar-refractivity contribution in [1.82, 2.24) is 20.4 Å². The fourth-order valence-corrected chi connectivity index (χ4v) is 3.85. The van der Waals surface area contributed by atoms with Crippen molar-refractivity contribution in [1.29, 1.82) is 0 Å². The van der Waals surface area contributed by atoms with Gasteiger partial charge in [0.2, 0.25) is 11.8 Å². The third-order valence-corrected chi connectivity index (χ3v) is 5.25. The Hall–Kier alpha value is -1.60. The molecule has 4 N–H and O–H groups in total. The highest BCUT2D eigenvalue weighted by molar-refractivity contribution is 5.91. The first-order valence-electron chi connectivity index (χ1n) is 8.33. The smallest absolute Gasteiger partial charge is 0.243 e. The summed E-state index contributed by atoms with van der Waals surface area (Å²) >= 11 is 0. The molecule has 2 fully saturated rings. The first kappa shape index (κ1) is 18.7. The van der Waals surface area contributed by atoms with E-state index in [1.807, 2.05) is 19.4 Å². The van der Waals surface area contributed by atoms with E-state index >= 15 is 0 Å². The fraction of sp³-hybridized carbons (Fsp3) is 0.688. The van der Waals surface area contributed by atoms with E-state index in [9.17, 15) is 9.59 Å². The number of rotatable bonds is 4. The lowest BCUT2D eigenvalue weighted by Gasteiger charge is -2.36. The summed E-state index contributed by atoms with van der Waals surface area (Å²) in [6, 6.07) is 0. The summed E-state index contributed by atoms with van der Waals surface area (Å²) in [5.74, 6) is -0.603. The van der Waals surface area contributed by atoms with Crippen LogP contribution in [0.4, 0.5) is 0 Å². The number of hydrogen-bond donors (Lipinski definition) is 3. The Morgan fingerprint density at radius 1 is 1.33 bits per heavy atom. The second-order valence-electron chi connectivity index (χ2n) is 6.81. The van der Waals surface area contributed by atoms with Crippen LogP contribution in [0.25, 0.3) is 0 Å². The van der Waals surface area contributed by atoms with Crippen molar-refractivity contribution < 1.29 is 9.59 Å². The summed E-state index contributed by atoms with van der Waals surface area (Å²) in [5, 5.41) is 10.5. The lowest BCUT2D eigenvalue weighted by atomic mass is 9.80. The van der Waals surface area contributed by atoms with Crippen LogP contribution in [0.2, 0.25) is 0 Å². The van der Waals surface area contributed by atoms with Gasteiger partial charge >= 0.3 is 0 Å². The number of primary amides is 1. The zero-order valence-corrected chi connectivity index (χ0v) is 14.8. The van der Waals surface area contributed by atoms with E-state index in [2.05, 4.69) is 15.7 Å². The molecule has 0 unspecified atom stereocenters. The van der Waals surface area contributed by atoms with Crippen LogP contribution in [-0.4, -0.2) is 40.2 Å². The van der Waals surface area contributed by atoms with Gasteiger partial charge in [0, 0.05) is 32.3 Å². The number of hydrogen-bond acceptors (Lipinski definition) is 4. The quantitative estimate of drug-likeness (QED) is 0.729. The highest BCUT2D eigenvalue weighted by Crippen LogP contribution is 2.31. The molecule has 1 aromatic heterocycles. The second kappa shape index (κ2) is 7.53. The average molecular weight is 356 g/mol. The SMILES string of the molecule is Cl.Cn1cc([C@H]2CNC[C@@H]2C(=O)NC2(C(N)=O)CCCCC2)cn1. The molecule has 1 saturated carbocycles. The standard InChI is InChI=1S/C16H25N5O2.ClH/c1-21-10-11(7-19-21)12-8-18-9-13(12)14(22)20-16(15(17)23)5-3-2-4-6-16;/h7,10,12-13,18H,2-6,8-9H2,1H3,(H2,17,23)(H,20,22);1H/t12-,13+;/m1./s1. The zero-order valence-electron chi connectivity index (χ0n) is 14.0. The van der Waals surface area contributed by atoms with Gasteiger partial charge in [-0.2, -0.15) is 5.10 Å². The minimum atomic E-state index is -0.864. The molecule has 8 heteroatoms. The van der Waals surface area contributed by atoms with Crippen LogP contribution in [0.5, 0.6) is 0 Å². The van der Waals surface area contributed by atoms with E-state index in [0.717, 1.165) is 31.4 Å². The first-order chi connectivity index (χ1) is 11.0. The largest absolute Gasteiger partial charge is 0.368 e. The molecule has 0 radical (unpaired) electrons. The molecule has 0 bridgehead atoms. The van der Waals surface area contributed by atoms with Gasteiger partial charge in [-0.1, -0.05) is 19.3 Å². The monoisotopic (exact) mass is 355 g/mol. The summed E-state index contributed by atoms with van der Waals surface area (Å²) in [6.45, 7) is 1.35. The number of nitrogens with zero attached hydrogens (tertiary/aromatic N) is 2. The van der Waals surface area contributed by atoms with Gasteiger partial charge in [-0.05, 0) is 18.4 Å². The molecule has 0 aromatic carbocycles. The third kappa shape index (κ3) is 3.57. The van der Waals surface area contributed by atoms with Crippen LogP contribution in [0.1, 0.15) is 43.6 Å². The number of halogens is 1. The predicted molar refractivity (Wildman–Crippen MR) is 92.7 cm³/mol. The van der Waals surface area contributed by atoms with E-state index in [0.29, 0.717) is 19.4 Å². The van der Waals surface area contributed by atoms with E-state index < -0.39 is 11.4 Å². The van der Waals surface area contributed by atoms with Crippen molar-refractivity contribution in [2.24, 2.45) is 18.7 Å². The van der Waals surface area contributed by atoms with Gasteiger partial charge < -0.3 is 16.4 Å². The van der Waals surface area contributed by atoms with E-state index in [1.54, 1.807) is 4.68 Å². The second-order valence-corrected chi connectivity index (χ2v) is 6.81.